The van der Waals surface area contributed by atoms with E-state index >= 15 is 0 Å². The predicted octanol–water partition coefficient (Wildman–Crippen LogP) is 2.20. The van der Waals surface area contributed by atoms with Crippen molar-refractivity contribution < 1.29 is 8.42 Å². The van der Waals surface area contributed by atoms with Crippen molar-refractivity contribution in [2.45, 2.75) is 30.2 Å². The third-order valence-corrected chi connectivity index (χ3v) is 7.35. The lowest BCUT2D eigenvalue weighted by atomic mass is 9.79. The summed E-state index contributed by atoms with van der Waals surface area (Å²) in [7, 11) is -3.40. The van der Waals surface area contributed by atoms with Crippen molar-refractivity contribution in [1.82, 2.24) is 4.31 Å². The Morgan fingerprint density at radius 2 is 1.85 bits per heavy atom. The highest BCUT2D eigenvalue weighted by molar-refractivity contribution is 9.10. The van der Waals surface area contributed by atoms with Crippen LogP contribution in [0.15, 0.2) is 33.6 Å². The van der Waals surface area contributed by atoms with Crippen molar-refractivity contribution in [3.63, 3.8) is 0 Å². The maximum atomic E-state index is 12.7. The lowest BCUT2D eigenvalue weighted by Crippen LogP contribution is -2.32. The molecule has 20 heavy (non-hydrogen) atoms. The third kappa shape index (κ3) is 2.54. The average Bonchev–Trinajstić information content (AvgIpc) is 2.82. The van der Waals surface area contributed by atoms with Crippen LogP contribution in [-0.2, 0) is 10.0 Å². The van der Waals surface area contributed by atoms with Gasteiger partial charge in [0.05, 0.1) is 4.90 Å². The normalized spacial score (nSPS) is 31.2. The summed E-state index contributed by atoms with van der Waals surface area (Å²) < 4.78 is 27.8. The van der Waals surface area contributed by atoms with Crippen LogP contribution in [0.3, 0.4) is 0 Å². The first-order valence-corrected chi connectivity index (χ1v) is 9.22. The zero-order valence-electron chi connectivity index (χ0n) is 11.2. The van der Waals surface area contributed by atoms with Crippen LogP contribution in [0.25, 0.3) is 0 Å². The molecule has 3 rings (SSSR count). The molecule has 0 aromatic heterocycles. The van der Waals surface area contributed by atoms with Crippen molar-refractivity contribution in [2.75, 3.05) is 13.1 Å². The van der Waals surface area contributed by atoms with Gasteiger partial charge in [0.1, 0.15) is 0 Å². The second kappa shape index (κ2) is 5.40. The Labute approximate surface area is 128 Å². The van der Waals surface area contributed by atoms with E-state index in [1.165, 1.54) is 0 Å². The maximum Gasteiger partial charge on any atom is 0.244 e. The summed E-state index contributed by atoms with van der Waals surface area (Å²) in [6.07, 6.45) is 3.02. The Kier molecular flexibility index (Phi) is 3.92. The molecular weight excluding hydrogens is 340 g/mol. The van der Waals surface area contributed by atoms with Crippen LogP contribution in [0.4, 0.5) is 0 Å². The number of fused-ring (bicyclic) bond motifs is 1. The van der Waals surface area contributed by atoms with Crippen molar-refractivity contribution in [3.8, 4) is 0 Å². The molecule has 1 aromatic carbocycles. The highest BCUT2D eigenvalue weighted by atomic mass is 79.9. The van der Waals surface area contributed by atoms with E-state index in [1.807, 2.05) is 6.07 Å². The van der Waals surface area contributed by atoms with Crippen LogP contribution >= 0.6 is 15.9 Å². The van der Waals surface area contributed by atoms with Crippen molar-refractivity contribution in [2.24, 2.45) is 17.6 Å². The molecule has 2 aliphatic rings. The zero-order chi connectivity index (χ0) is 14.3. The van der Waals surface area contributed by atoms with E-state index in [-0.39, 0.29) is 6.04 Å². The Hall–Kier alpha value is -0.430. The van der Waals surface area contributed by atoms with Gasteiger partial charge in [-0.1, -0.05) is 12.1 Å². The van der Waals surface area contributed by atoms with Crippen LogP contribution in [-0.4, -0.2) is 31.9 Å². The number of nitrogens with zero attached hydrogens (tertiary/aromatic N) is 1. The number of hydrogen-bond acceptors (Lipinski definition) is 3. The van der Waals surface area contributed by atoms with Gasteiger partial charge in [-0.3, -0.25) is 0 Å². The molecule has 1 aliphatic heterocycles. The zero-order valence-corrected chi connectivity index (χ0v) is 13.6. The first-order valence-electron chi connectivity index (χ1n) is 6.98. The van der Waals surface area contributed by atoms with Gasteiger partial charge in [0.2, 0.25) is 10.0 Å². The number of rotatable bonds is 2. The van der Waals surface area contributed by atoms with Crippen LogP contribution in [0.2, 0.25) is 0 Å². The molecule has 1 saturated carbocycles. The number of benzene rings is 1. The summed E-state index contributed by atoms with van der Waals surface area (Å²) in [5.41, 5.74) is 6.00. The van der Waals surface area contributed by atoms with E-state index in [1.54, 1.807) is 22.5 Å². The van der Waals surface area contributed by atoms with Gasteiger partial charge in [0.15, 0.2) is 0 Å². The monoisotopic (exact) mass is 358 g/mol. The lowest BCUT2D eigenvalue weighted by Gasteiger charge is -2.28. The Bertz CT molecular complexity index is 605. The van der Waals surface area contributed by atoms with E-state index in [0.717, 1.165) is 19.3 Å². The SMILES string of the molecule is NC1CC[C@@H]2CN(S(=O)(=O)c3ccccc3Br)C[C@@H]2C1. The summed E-state index contributed by atoms with van der Waals surface area (Å²) in [4.78, 5) is 0.364. The van der Waals surface area contributed by atoms with Gasteiger partial charge in [0.25, 0.3) is 0 Å². The minimum atomic E-state index is -3.40. The maximum absolute atomic E-state index is 12.7. The summed E-state index contributed by atoms with van der Waals surface area (Å²) in [5.74, 6) is 0.906. The third-order valence-electron chi connectivity index (χ3n) is 4.51. The summed E-state index contributed by atoms with van der Waals surface area (Å²) in [6, 6.07) is 7.25. The van der Waals surface area contributed by atoms with Gasteiger partial charge in [-0.2, -0.15) is 4.31 Å². The summed E-state index contributed by atoms with van der Waals surface area (Å²) in [5, 5.41) is 0. The number of sulfonamides is 1. The molecule has 1 heterocycles. The molecule has 2 fully saturated rings. The fourth-order valence-corrected chi connectivity index (χ4v) is 5.93. The van der Waals surface area contributed by atoms with E-state index in [4.69, 9.17) is 5.73 Å². The first kappa shape index (κ1) is 14.5. The molecule has 4 nitrogen and oxygen atoms in total. The smallest absolute Gasteiger partial charge is 0.244 e. The fraction of sp³-hybridized carbons (Fsp3) is 0.571. The topological polar surface area (TPSA) is 63.4 Å². The highest BCUT2D eigenvalue weighted by Gasteiger charge is 2.42. The molecule has 1 aliphatic carbocycles. The highest BCUT2D eigenvalue weighted by Crippen LogP contribution is 2.38. The Morgan fingerprint density at radius 1 is 1.15 bits per heavy atom. The van der Waals surface area contributed by atoms with Gasteiger partial charge in [-0.15, -0.1) is 0 Å². The van der Waals surface area contributed by atoms with Gasteiger partial charge < -0.3 is 5.73 Å². The molecule has 1 saturated heterocycles. The number of halogens is 1. The summed E-state index contributed by atoms with van der Waals surface area (Å²) in [6.45, 7) is 1.25. The van der Waals surface area contributed by atoms with Crippen LogP contribution < -0.4 is 5.73 Å². The molecule has 0 amide bonds. The van der Waals surface area contributed by atoms with Gasteiger partial charge in [0, 0.05) is 23.6 Å². The second-order valence-electron chi connectivity index (χ2n) is 5.85. The molecule has 0 spiro atoms. The molecule has 0 bridgehead atoms. The predicted molar refractivity (Wildman–Crippen MR) is 81.7 cm³/mol. The number of nitrogens with two attached hydrogens (primary N) is 1. The molecule has 2 N–H and O–H groups in total. The summed E-state index contributed by atoms with van der Waals surface area (Å²) >= 11 is 3.34. The second-order valence-corrected chi connectivity index (χ2v) is 8.61. The van der Waals surface area contributed by atoms with Crippen LogP contribution in [0.1, 0.15) is 19.3 Å². The lowest BCUT2D eigenvalue weighted by molar-refractivity contribution is 0.271. The van der Waals surface area contributed by atoms with E-state index in [2.05, 4.69) is 15.9 Å². The Morgan fingerprint density at radius 3 is 2.60 bits per heavy atom. The van der Waals surface area contributed by atoms with Crippen LogP contribution in [0.5, 0.6) is 0 Å². The molecular formula is C14H19BrN2O2S. The minimum Gasteiger partial charge on any atom is -0.328 e. The molecule has 1 aromatic rings. The molecule has 110 valence electrons. The average molecular weight is 359 g/mol. The van der Waals surface area contributed by atoms with E-state index in [0.29, 0.717) is 34.3 Å². The Balaban J connectivity index is 1.85. The van der Waals surface area contributed by atoms with Gasteiger partial charge in [-0.25, -0.2) is 8.42 Å². The largest absolute Gasteiger partial charge is 0.328 e. The van der Waals surface area contributed by atoms with Crippen molar-refractivity contribution >= 4 is 26.0 Å². The van der Waals surface area contributed by atoms with Gasteiger partial charge in [-0.05, 0) is 59.2 Å². The molecule has 0 radical (unpaired) electrons. The van der Waals surface area contributed by atoms with E-state index in [9.17, 15) is 8.42 Å². The molecule has 1 unspecified atom stereocenters. The first-order chi connectivity index (χ1) is 9.48. The molecule has 3 atom stereocenters. The van der Waals surface area contributed by atoms with Gasteiger partial charge >= 0.3 is 0 Å². The number of hydrogen-bond donors (Lipinski definition) is 1. The standard InChI is InChI=1S/C14H19BrN2O2S/c15-13-3-1-2-4-14(13)20(18,19)17-8-10-5-6-12(16)7-11(10)9-17/h1-4,10-12H,5-9,16H2/t10-,11+,12?/m1/s1. The van der Waals surface area contributed by atoms with E-state index < -0.39 is 10.0 Å². The van der Waals surface area contributed by atoms with Crippen molar-refractivity contribution in [3.05, 3.63) is 28.7 Å². The fourth-order valence-electron chi connectivity index (χ4n) is 3.41. The van der Waals surface area contributed by atoms with Crippen molar-refractivity contribution in [1.29, 1.82) is 0 Å². The quantitative estimate of drug-likeness (QED) is 0.881. The van der Waals surface area contributed by atoms with Crippen LogP contribution in [0, 0.1) is 11.8 Å². The molecule has 6 heteroatoms. The minimum absolute atomic E-state index is 0.238.